The minimum atomic E-state index is -1.09. The van der Waals surface area contributed by atoms with Crippen molar-refractivity contribution in [2.45, 2.75) is 70.9 Å². The van der Waals surface area contributed by atoms with E-state index in [1.165, 1.54) is 0 Å². The van der Waals surface area contributed by atoms with Crippen molar-refractivity contribution in [1.82, 2.24) is 5.32 Å². The molecule has 0 spiro atoms. The molecule has 0 saturated heterocycles. The molecule has 2 N–H and O–H groups in total. The molecule has 0 bridgehead atoms. The van der Waals surface area contributed by atoms with Crippen LogP contribution in [0.15, 0.2) is 15.3 Å². The molecule has 1 aliphatic carbocycles. The largest absolute Gasteiger partial charge is 0.487 e. The van der Waals surface area contributed by atoms with Crippen LogP contribution in [0.1, 0.15) is 56.7 Å². The Hall–Kier alpha value is -3.03. The maximum Gasteiger partial charge on any atom is 0.339 e. The lowest BCUT2D eigenvalue weighted by molar-refractivity contribution is -0.142. The van der Waals surface area contributed by atoms with Gasteiger partial charge in [-0.2, -0.15) is 0 Å². The molecule has 1 aromatic carbocycles. The Bertz CT molecular complexity index is 1120. The van der Waals surface area contributed by atoms with Crippen molar-refractivity contribution in [3.63, 3.8) is 0 Å². The van der Waals surface area contributed by atoms with Gasteiger partial charge in [0.15, 0.2) is 6.61 Å². The topological polar surface area (TPSA) is 115 Å². The van der Waals surface area contributed by atoms with Gasteiger partial charge in [0, 0.05) is 17.2 Å². The fraction of sp³-hybridized carbons (Fsp3) is 0.522. The molecule has 2 aromatic rings. The zero-order chi connectivity index (χ0) is 22.3. The van der Waals surface area contributed by atoms with Crippen LogP contribution in [0.5, 0.6) is 11.5 Å². The molecule has 2 heterocycles. The quantitative estimate of drug-likeness (QED) is 0.679. The summed E-state index contributed by atoms with van der Waals surface area (Å²) in [5.74, 6) is -0.634. The summed E-state index contributed by atoms with van der Waals surface area (Å²) in [6.45, 7) is 5.31. The monoisotopic (exact) mass is 429 g/mol. The van der Waals surface area contributed by atoms with Crippen LogP contribution in [0.25, 0.3) is 11.0 Å². The highest BCUT2D eigenvalue weighted by Gasteiger charge is 2.32. The first-order valence-electron chi connectivity index (χ1n) is 10.7. The third kappa shape index (κ3) is 3.98. The van der Waals surface area contributed by atoms with Gasteiger partial charge in [0.25, 0.3) is 5.91 Å². The van der Waals surface area contributed by atoms with E-state index in [9.17, 15) is 14.4 Å². The number of hydrogen-bond donors (Lipinski definition) is 2. The zero-order valence-electron chi connectivity index (χ0n) is 18.0. The molecular weight excluding hydrogens is 402 g/mol. The van der Waals surface area contributed by atoms with E-state index in [0.29, 0.717) is 40.9 Å². The maximum absolute atomic E-state index is 12.6. The lowest BCUT2D eigenvalue weighted by Crippen LogP contribution is -2.42. The molecule has 8 nitrogen and oxygen atoms in total. The molecule has 1 aromatic heterocycles. The average molecular weight is 429 g/mol. The normalized spacial score (nSPS) is 17.4. The summed E-state index contributed by atoms with van der Waals surface area (Å²) in [4.78, 5) is 36.0. The predicted molar refractivity (Wildman–Crippen MR) is 113 cm³/mol. The molecule has 8 heteroatoms. The van der Waals surface area contributed by atoms with E-state index in [1.54, 1.807) is 13.0 Å². The van der Waals surface area contributed by atoms with Crippen molar-refractivity contribution in [2.75, 3.05) is 6.61 Å². The van der Waals surface area contributed by atoms with Gasteiger partial charge in [-0.05, 0) is 57.9 Å². The number of amides is 1. The summed E-state index contributed by atoms with van der Waals surface area (Å²) < 4.78 is 17.7. The highest BCUT2D eigenvalue weighted by Crippen LogP contribution is 2.44. The Balaban J connectivity index is 1.74. The molecule has 1 unspecified atom stereocenters. The van der Waals surface area contributed by atoms with Crippen molar-refractivity contribution >= 4 is 22.8 Å². The summed E-state index contributed by atoms with van der Waals surface area (Å²) in [6, 6.07) is 0.793. The summed E-state index contributed by atoms with van der Waals surface area (Å²) >= 11 is 0. The minimum absolute atomic E-state index is 0.268. The van der Waals surface area contributed by atoms with E-state index in [4.69, 9.17) is 19.0 Å². The molecule has 31 heavy (non-hydrogen) atoms. The number of aryl methyl sites for hydroxylation is 2. The number of carbonyl (C=O) groups is 2. The Morgan fingerprint density at radius 2 is 1.97 bits per heavy atom. The minimum Gasteiger partial charge on any atom is -0.487 e. The third-order valence-electron chi connectivity index (χ3n) is 6.03. The second-order valence-corrected chi connectivity index (χ2v) is 8.77. The molecule has 1 atom stereocenters. The third-order valence-corrected chi connectivity index (χ3v) is 6.03. The van der Waals surface area contributed by atoms with Crippen LogP contribution in [-0.4, -0.2) is 35.2 Å². The van der Waals surface area contributed by atoms with Crippen molar-refractivity contribution in [2.24, 2.45) is 0 Å². The molecular formula is C23H27NO7. The Labute approximate surface area is 179 Å². The first kappa shape index (κ1) is 21.2. The fourth-order valence-electron chi connectivity index (χ4n) is 4.38. The maximum atomic E-state index is 12.6. The van der Waals surface area contributed by atoms with Gasteiger partial charge in [-0.25, -0.2) is 9.59 Å². The Kier molecular flexibility index (Phi) is 5.41. The van der Waals surface area contributed by atoms with Crippen LogP contribution in [0.3, 0.4) is 0 Å². The number of carboxylic acid groups (broad SMARTS) is 1. The van der Waals surface area contributed by atoms with Crippen molar-refractivity contribution < 1.29 is 28.6 Å². The summed E-state index contributed by atoms with van der Waals surface area (Å²) in [7, 11) is 0. The van der Waals surface area contributed by atoms with E-state index in [2.05, 4.69) is 5.32 Å². The van der Waals surface area contributed by atoms with Crippen molar-refractivity contribution in [1.29, 1.82) is 0 Å². The van der Waals surface area contributed by atoms with E-state index >= 15 is 0 Å². The van der Waals surface area contributed by atoms with E-state index in [1.807, 2.05) is 13.8 Å². The van der Waals surface area contributed by atoms with Gasteiger partial charge in [-0.15, -0.1) is 0 Å². The number of benzene rings is 1. The van der Waals surface area contributed by atoms with Gasteiger partial charge in [0.1, 0.15) is 28.7 Å². The van der Waals surface area contributed by atoms with Gasteiger partial charge in [0.05, 0.1) is 5.39 Å². The SMILES string of the molecule is CCC(NC(=O)COc1cc2c(c3oc(=O)c4c(c13)CCC4)CCC(C)(C)O2)C(=O)O. The van der Waals surface area contributed by atoms with Gasteiger partial charge in [-0.3, -0.25) is 4.79 Å². The lowest BCUT2D eigenvalue weighted by atomic mass is 9.91. The first-order chi connectivity index (χ1) is 14.7. The average Bonchev–Trinajstić information content (AvgIpc) is 3.19. The van der Waals surface area contributed by atoms with Crippen LogP contribution in [0.2, 0.25) is 0 Å². The van der Waals surface area contributed by atoms with Crippen LogP contribution in [-0.2, 0) is 28.9 Å². The first-order valence-corrected chi connectivity index (χ1v) is 10.7. The zero-order valence-corrected chi connectivity index (χ0v) is 18.0. The second kappa shape index (κ2) is 7.90. The molecule has 4 rings (SSSR count). The van der Waals surface area contributed by atoms with E-state index < -0.39 is 17.9 Å². The Morgan fingerprint density at radius 3 is 2.68 bits per heavy atom. The molecule has 1 amide bonds. The molecule has 0 fully saturated rings. The fourth-order valence-corrected chi connectivity index (χ4v) is 4.38. The second-order valence-electron chi connectivity index (χ2n) is 8.77. The standard InChI is InChI=1S/C23H27NO7/c1-4-15(21(26)27)24-18(25)11-29-17-10-16-14(8-9-23(2,3)31-16)20-19(17)12-6-5-7-13(12)22(28)30-20/h10,15H,4-9,11H2,1-3H3,(H,24,25)(H,26,27). The number of hydrogen-bond acceptors (Lipinski definition) is 6. The Morgan fingerprint density at radius 1 is 1.23 bits per heavy atom. The molecule has 0 radical (unpaired) electrons. The van der Waals surface area contributed by atoms with Crippen molar-refractivity contribution in [3.8, 4) is 11.5 Å². The highest BCUT2D eigenvalue weighted by atomic mass is 16.5. The van der Waals surface area contributed by atoms with Crippen LogP contribution in [0, 0.1) is 0 Å². The summed E-state index contributed by atoms with van der Waals surface area (Å²) in [5.41, 5.74) is 2.18. The van der Waals surface area contributed by atoms with Crippen molar-refractivity contribution in [3.05, 3.63) is 33.2 Å². The molecule has 0 saturated carbocycles. The van der Waals surface area contributed by atoms with E-state index in [0.717, 1.165) is 30.4 Å². The number of nitrogens with one attached hydrogen (secondary N) is 1. The smallest absolute Gasteiger partial charge is 0.339 e. The van der Waals surface area contributed by atoms with Crippen LogP contribution >= 0.6 is 0 Å². The number of ether oxygens (including phenoxy) is 2. The van der Waals surface area contributed by atoms with Crippen LogP contribution < -0.4 is 20.4 Å². The number of rotatable bonds is 6. The van der Waals surface area contributed by atoms with Gasteiger partial charge in [0.2, 0.25) is 0 Å². The number of aliphatic carboxylic acids is 1. The van der Waals surface area contributed by atoms with Gasteiger partial charge < -0.3 is 24.3 Å². The summed E-state index contributed by atoms with van der Waals surface area (Å²) in [5, 5.41) is 12.3. The van der Waals surface area contributed by atoms with Gasteiger partial charge in [-0.1, -0.05) is 6.92 Å². The molecule has 2 aliphatic rings. The molecule has 166 valence electrons. The predicted octanol–water partition coefficient (Wildman–Crippen LogP) is 2.74. The summed E-state index contributed by atoms with van der Waals surface area (Å²) in [6.07, 6.45) is 4.01. The number of fused-ring (bicyclic) bond motifs is 5. The van der Waals surface area contributed by atoms with E-state index in [-0.39, 0.29) is 24.3 Å². The number of carbonyl (C=O) groups excluding carboxylic acids is 1. The molecule has 1 aliphatic heterocycles. The van der Waals surface area contributed by atoms with Crippen LogP contribution in [0.4, 0.5) is 0 Å². The highest BCUT2D eigenvalue weighted by molar-refractivity contribution is 5.93. The number of carboxylic acids is 1. The lowest BCUT2D eigenvalue weighted by Gasteiger charge is -2.33. The van der Waals surface area contributed by atoms with Gasteiger partial charge >= 0.3 is 11.6 Å².